The Morgan fingerprint density at radius 3 is 2.64 bits per heavy atom. The number of thiophene rings is 1. The number of nitriles is 1. The summed E-state index contributed by atoms with van der Waals surface area (Å²) in [6.07, 6.45) is 1.71. The number of halogens is 1. The molecule has 14 heavy (non-hydrogen) atoms. The van der Waals surface area contributed by atoms with Crippen LogP contribution >= 0.6 is 22.9 Å². The Bertz CT molecular complexity index is 384. The topological polar surface area (TPSA) is 23.8 Å². The molecule has 1 nitrogen and oxygen atoms in total. The number of rotatable bonds is 3. The van der Waals surface area contributed by atoms with Crippen LogP contribution in [-0.4, -0.2) is 0 Å². The molecule has 0 bridgehead atoms. The average Bonchev–Trinajstić information content (AvgIpc) is 2.67. The maximum Gasteiger partial charge on any atom is 0.0963 e. The van der Waals surface area contributed by atoms with Crippen molar-refractivity contribution in [3.63, 3.8) is 0 Å². The van der Waals surface area contributed by atoms with E-state index in [1.54, 1.807) is 11.3 Å². The summed E-state index contributed by atoms with van der Waals surface area (Å²) in [5, 5.41) is 9.44. The Balaban J connectivity index is 3.05. The molecule has 0 amide bonds. The minimum absolute atomic E-state index is 0.611. The van der Waals surface area contributed by atoms with E-state index in [4.69, 9.17) is 16.9 Å². The first-order chi connectivity index (χ1) is 6.72. The summed E-state index contributed by atoms with van der Waals surface area (Å²) >= 11 is 7.77. The van der Waals surface area contributed by atoms with Gasteiger partial charge in [0.2, 0.25) is 0 Å². The van der Waals surface area contributed by atoms with Crippen molar-refractivity contribution in [2.24, 2.45) is 0 Å². The van der Waals surface area contributed by atoms with Gasteiger partial charge in [0.05, 0.1) is 11.1 Å². The number of aryl methyl sites for hydroxylation is 1. The van der Waals surface area contributed by atoms with Crippen LogP contribution in [0.25, 0.3) is 5.03 Å². The molecule has 0 radical (unpaired) electrons. The largest absolute Gasteiger partial charge is 0.193 e. The van der Waals surface area contributed by atoms with E-state index in [1.807, 2.05) is 13.0 Å². The van der Waals surface area contributed by atoms with Gasteiger partial charge in [0, 0.05) is 15.3 Å². The molecule has 0 aromatic carbocycles. The van der Waals surface area contributed by atoms with E-state index in [2.05, 4.69) is 19.1 Å². The van der Waals surface area contributed by atoms with Crippen molar-refractivity contribution in [2.75, 3.05) is 0 Å². The van der Waals surface area contributed by atoms with Gasteiger partial charge in [-0.3, -0.25) is 0 Å². The van der Waals surface area contributed by atoms with Gasteiger partial charge in [0.1, 0.15) is 0 Å². The van der Waals surface area contributed by atoms with Crippen LogP contribution in [0.3, 0.4) is 0 Å². The summed E-state index contributed by atoms with van der Waals surface area (Å²) in [6, 6.07) is 6.18. The zero-order valence-corrected chi connectivity index (χ0v) is 9.87. The lowest BCUT2D eigenvalue weighted by Crippen LogP contribution is -1.79. The first kappa shape index (κ1) is 11.3. The second-order valence-corrected chi connectivity index (χ2v) is 4.42. The Morgan fingerprint density at radius 2 is 2.21 bits per heavy atom. The van der Waals surface area contributed by atoms with E-state index in [9.17, 15) is 0 Å². The number of allylic oxidation sites excluding steroid dienone is 1. The van der Waals surface area contributed by atoms with Crippen LogP contribution in [0.5, 0.6) is 0 Å². The van der Waals surface area contributed by atoms with Crippen molar-refractivity contribution in [3.05, 3.63) is 27.5 Å². The summed E-state index contributed by atoms with van der Waals surface area (Å²) in [6.45, 7) is 4.05. The summed E-state index contributed by atoms with van der Waals surface area (Å²) in [7, 11) is 0. The van der Waals surface area contributed by atoms with Crippen LogP contribution in [-0.2, 0) is 6.42 Å². The van der Waals surface area contributed by atoms with Gasteiger partial charge in [-0.1, -0.05) is 25.4 Å². The van der Waals surface area contributed by atoms with Gasteiger partial charge < -0.3 is 0 Å². The fraction of sp³-hybridized carbons (Fsp3) is 0.364. The van der Waals surface area contributed by atoms with E-state index in [-0.39, 0.29) is 0 Å². The highest BCUT2D eigenvalue weighted by molar-refractivity contribution is 7.13. The third-order valence-electron chi connectivity index (χ3n) is 1.98. The average molecular weight is 226 g/mol. The van der Waals surface area contributed by atoms with Crippen molar-refractivity contribution in [1.29, 1.82) is 5.26 Å². The summed E-state index contributed by atoms with van der Waals surface area (Å²) in [5.41, 5.74) is 0.663. The maximum atomic E-state index is 8.83. The molecule has 1 aromatic heterocycles. The highest BCUT2D eigenvalue weighted by Crippen LogP contribution is 2.30. The number of hydrogen-bond acceptors (Lipinski definition) is 2. The van der Waals surface area contributed by atoms with Gasteiger partial charge in [0.25, 0.3) is 0 Å². The van der Waals surface area contributed by atoms with Crippen LogP contribution in [0.4, 0.5) is 0 Å². The van der Waals surface area contributed by atoms with Crippen molar-refractivity contribution in [2.45, 2.75) is 26.7 Å². The molecule has 0 saturated heterocycles. The van der Waals surface area contributed by atoms with E-state index in [0.717, 1.165) is 11.3 Å². The lowest BCUT2D eigenvalue weighted by atomic mass is 10.2. The predicted octanol–water partition coefficient (Wildman–Crippen LogP) is 4.19. The monoisotopic (exact) mass is 225 g/mol. The molecule has 0 aliphatic heterocycles. The minimum Gasteiger partial charge on any atom is -0.193 e. The predicted molar refractivity (Wildman–Crippen MR) is 62.4 cm³/mol. The summed E-state index contributed by atoms with van der Waals surface area (Å²) in [5.74, 6) is 0. The van der Waals surface area contributed by atoms with E-state index < -0.39 is 0 Å². The molecule has 1 aromatic rings. The molecule has 0 saturated carbocycles. The molecule has 0 unspecified atom stereocenters. The first-order valence-electron chi connectivity index (χ1n) is 4.60. The lowest BCUT2D eigenvalue weighted by Gasteiger charge is -1.97. The van der Waals surface area contributed by atoms with Gasteiger partial charge in [-0.15, -0.1) is 11.3 Å². The smallest absolute Gasteiger partial charge is 0.0963 e. The standard InChI is InChI=1S/C11H12ClNS/c1-3-8(7-13)11(12)10-6-5-9(4-2)14-10/h5-6H,3-4H2,1-2H3/b11-8-. The highest BCUT2D eigenvalue weighted by Gasteiger charge is 2.07. The molecular weight excluding hydrogens is 214 g/mol. The van der Waals surface area contributed by atoms with Crippen LogP contribution in [0.1, 0.15) is 30.0 Å². The Kier molecular flexibility index (Phi) is 4.19. The highest BCUT2D eigenvalue weighted by atomic mass is 35.5. The van der Waals surface area contributed by atoms with Crippen molar-refractivity contribution in [3.8, 4) is 6.07 Å². The van der Waals surface area contributed by atoms with Crippen LogP contribution < -0.4 is 0 Å². The molecule has 1 heterocycles. The number of hydrogen-bond donors (Lipinski definition) is 0. The Hall–Kier alpha value is -0.780. The molecule has 0 aliphatic rings. The summed E-state index contributed by atoms with van der Waals surface area (Å²) < 4.78 is 0. The van der Waals surface area contributed by atoms with Gasteiger partial charge in [-0.25, -0.2) is 0 Å². The summed E-state index contributed by atoms with van der Waals surface area (Å²) in [4.78, 5) is 2.30. The van der Waals surface area contributed by atoms with Crippen molar-refractivity contribution >= 4 is 28.0 Å². The van der Waals surface area contributed by atoms with E-state index in [1.165, 1.54) is 4.88 Å². The zero-order valence-electron chi connectivity index (χ0n) is 8.30. The van der Waals surface area contributed by atoms with E-state index >= 15 is 0 Å². The van der Waals surface area contributed by atoms with Crippen molar-refractivity contribution < 1.29 is 0 Å². The third-order valence-corrected chi connectivity index (χ3v) is 3.77. The Labute approximate surface area is 93.6 Å². The molecule has 0 fully saturated rings. The minimum atomic E-state index is 0.611. The molecule has 0 spiro atoms. The fourth-order valence-corrected chi connectivity index (χ4v) is 2.38. The van der Waals surface area contributed by atoms with Crippen molar-refractivity contribution in [1.82, 2.24) is 0 Å². The van der Waals surface area contributed by atoms with Crippen LogP contribution in [0, 0.1) is 11.3 Å². The molecule has 0 atom stereocenters. The molecule has 74 valence electrons. The fourth-order valence-electron chi connectivity index (χ4n) is 1.12. The second-order valence-electron chi connectivity index (χ2n) is 2.88. The zero-order chi connectivity index (χ0) is 10.6. The van der Waals surface area contributed by atoms with E-state index in [0.29, 0.717) is 17.0 Å². The second kappa shape index (κ2) is 5.19. The molecule has 0 N–H and O–H groups in total. The lowest BCUT2D eigenvalue weighted by molar-refractivity contribution is 1.16. The van der Waals surface area contributed by atoms with Gasteiger partial charge in [-0.2, -0.15) is 5.26 Å². The first-order valence-corrected chi connectivity index (χ1v) is 5.80. The molecular formula is C11H12ClNS. The SMILES string of the molecule is CC/C(C#N)=C(/Cl)c1ccc(CC)s1. The van der Waals surface area contributed by atoms with Crippen LogP contribution in [0.2, 0.25) is 0 Å². The number of nitrogens with zero attached hydrogens (tertiary/aromatic N) is 1. The molecule has 0 aliphatic carbocycles. The molecule has 1 rings (SSSR count). The van der Waals surface area contributed by atoms with Gasteiger partial charge in [-0.05, 0) is 25.0 Å². The quantitative estimate of drug-likeness (QED) is 0.708. The van der Waals surface area contributed by atoms with Crippen LogP contribution in [0.15, 0.2) is 17.7 Å². The van der Waals surface area contributed by atoms with Gasteiger partial charge >= 0.3 is 0 Å². The molecule has 3 heteroatoms. The normalized spacial score (nSPS) is 12.1. The Morgan fingerprint density at radius 1 is 1.50 bits per heavy atom. The third kappa shape index (κ3) is 2.37. The maximum absolute atomic E-state index is 8.83. The van der Waals surface area contributed by atoms with Gasteiger partial charge in [0.15, 0.2) is 0 Å².